The third-order valence-electron chi connectivity index (χ3n) is 4.27. The van der Waals surface area contributed by atoms with Gasteiger partial charge in [-0.2, -0.15) is 0 Å². The molecule has 0 saturated carbocycles. The summed E-state index contributed by atoms with van der Waals surface area (Å²) >= 11 is 0. The first-order chi connectivity index (χ1) is 12.8. The summed E-state index contributed by atoms with van der Waals surface area (Å²) in [5.74, 6) is -1.68. The van der Waals surface area contributed by atoms with Crippen molar-refractivity contribution in [2.45, 2.75) is 39.7 Å². The topological polar surface area (TPSA) is 95.5 Å². The lowest BCUT2D eigenvalue weighted by atomic mass is 10.0. The summed E-state index contributed by atoms with van der Waals surface area (Å²) in [6.07, 6.45) is 1.02. The van der Waals surface area contributed by atoms with Crippen LogP contribution in [0.25, 0.3) is 0 Å². The van der Waals surface area contributed by atoms with Crippen molar-refractivity contribution in [2.24, 2.45) is 0 Å². The number of carboxylic acid groups (broad SMARTS) is 1. The van der Waals surface area contributed by atoms with Gasteiger partial charge in [0.15, 0.2) is 0 Å². The molecule has 0 heterocycles. The van der Waals surface area contributed by atoms with Gasteiger partial charge in [-0.1, -0.05) is 23.8 Å². The number of benzene rings is 2. The van der Waals surface area contributed by atoms with E-state index in [-0.39, 0.29) is 5.91 Å². The third kappa shape index (κ3) is 5.95. The Balaban J connectivity index is 1.89. The molecule has 2 amide bonds. The summed E-state index contributed by atoms with van der Waals surface area (Å²) in [5, 5.41) is 14.0. The summed E-state index contributed by atoms with van der Waals surface area (Å²) in [4.78, 5) is 34.9. The number of amides is 2. The molecule has 142 valence electrons. The van der Waals surface area contributed by atoms with Gasteiger partial charge in [0.1, 0.15) is 6.04 Å². The molecule has 27 heavy (non-hydrogen) atoms. The van der Waals surface area contributed by atoms with E-state index in [2.05, 4.69) is 16.7 Å². The van der Waals surface area contributed by atoms with E-state index >= 15 is 0 Å². The molecule has 6 heteroatoms. The average Bonchev–Trinajstić information content (AvgIpc) is 2.61. The fraction of sp³-hybridized carbons (Fsp3) is 0.286. The second kappa shape index (κ2) is 8.98. The van der Waals surface area contributed by atoms with Gasteiger partial charge in [-0.15, -0.1) is 0 Å². The number of carbonyl (C=O) groups excluding carboxylic acids is 2. The lowest BCUT2D eigenvalue weighted by Crippen LogP contribution is -2.38. The molecule has 0 aliphatic heterocycles. The molecule has 1 atom stereocenters. The number of nitrogens with one attached hydrogen (secondary N) is 2. The van der Waals surface area contributed by atoms with E-state index in [0.29, 0.717) is 24.1 Å². The minimum absolute atomic E-state index is 0.105. The molecule has 0 radical (unpaired) electrons. The predicted molar refractivity (Wildman–Crippen MR) is 104 cm³/mol. The Morgan fingerprint density at radius 3 is 2.30 bits per heavy atom. The van der Waals surface area contributed by atoms with E-state index in [1.54, 1.807) is 24.3 Å². The molecule has 0 bridgehead atoms. The molecule has 3 N–H and O–H groups in total. The van der Waals surface area contributed by atoms with Gasteiger partial charge >= 0.3 is 5.97 Å². The van der Waals surface area contributed by atoms with Gasteiger partial charge in [-0.3, -0.25) is 14.4 Å². The highest BCUT2D eigenvalue weighted by atomic mass is 16.4. The Morgan fingerprint density at radius 1 is 1.04 bits per heavy atom. The maximum Gasteiger partial charge on any atom is 0.325 e. The quantitative estimate of drug-likeness (QED) is 0.700. The number of carboxylic acids is 1. The zero-order valence-electron chi connectivity index (χ0n) is 15.7. The van der Waals surface area contributed by atoms with Crippen LogP contribution in [0.2, 0.25) is 0 Å². The molecular formula is C21H24N2O4. The molecule has 0 aliphatic carbocycles. The van der Waals surface area contributed by atoms with Crippen molar-refractivity contribution >= 4 is 23.5 Å². The van der Waals surface area contributed by atoms with Crippen LogP contribution in [0.5, 0.6) is 0 Å². The maximum absolute atomic E-state index is 12.1. The third-order valence-corrected chi connectivity index (χ3v) is 4.27. The first-order valence-corrected chi connectivity index (χ1v) is 8.76. The number of anilines is 1. The minimum Gasteiger partial charge on any atom is -0.480 e. The lowest BCUT2D eigenvalue weighted by molar-refractivity contribution is -0.138. The molecule has 0 aliphatic rings. The maximum atomic E-state index is 12.1. The molecule has 2 aromatic rings. The summed E-state index contributed by atoms with van der Waals surface area (Å²) < 4.78 is 0. The Hall–Kier alpha value is -3.15. The monoisotopic (exact) mass is 368 g/mol. The van der Waals surface area contributed by atoms with Crippen LogP contribution in [0, 0.1) is 13.8 Å². The van der Waals surface area contributed by atoms with Gasteiger partial charge in [0.2, 0.25) is 5.91 Å². The summed E-state index contributed by atoms with van der Waals surface area (Å²) in [5.41, 5.74) is 4.44. The second-order valence-corrected chi connectivity index (χ2v) is 6.59. The molecule has 0 aromatic heterocycles. The summed E-state index contributed by atoms with van der Waals surface area (Å²) in [7, 11) is 0. The fourth-order valence-corrected chi connectivity index (χ4v) is 2.64. The predicted octanol–water partition coefficient (Wildman–Crippen LogP) is 3.08. The minimum atomic E-state index is -1.10. The normalized spacial score (nSPS) is 11.5. The Labute approximate surface area is 158 Å². The molecule has 0 fully saturated rings. The Bertz CT molecular complexity index is 844. The van der Waals surface area contributed by atoms with Crippen molar-refractivity contribution < 1.29 is 19.5 Å². The van der Waals surface area contributed by atoms with Crippen LogP contribution < -0.4 is 10.6 Å². The van der Waals surface area contributed by atoms with E-state index < -0.39 is 17.9 Å². The van der Waals surface area contributed by atoms with E-state index in [0.717, 1.165) is 5.56 Å². The van der Waals surface area contributed by atoms with Crippen LogP contribution in [0.15, 0.2) is 42.5 Å². The molecule has 1 unspecified atom stereocenters. The zero-order valence-corrected chi connectivity index (χ0v) is 15.7. The molecular weight excluding hydrogens is 344 g/mol. The van der Waals surface area contributed by atoms with Gasteiger partial charge in [0.05, 0.1) is 0 Å². The number of aryl methyl sites for hydroxylation is 3. The van der Waals surface area contributed by atoms with Gasteiger partial charge in [-0.25, -0.2) is 0 Å². The Morgan fingerprint density at radius 2 is 1.70 bits per heavy atom. The number of aliphatic carboxylic acids is 1. The van der Waals surface area contributed by atoms with Gasteiger partial charge < -0.3 is 15.7 Å². The van der Waals surface area contributed by atoms with Gasteiger partial charge in [0.25, 0.3) is 5.91 Å². The van der Waals surface area contributed by atoms with E-state index in [4.69, 9.17) is 5.11 Å². The Kier molecular flexibility index (Phi) is 6.71. The van der Waals surface area contributed by atoms with E-state index in [9.17, 15) is 14.4 Å². The van der Waals surface area contributed by atoms with Crippen LogP contribution in [0.1, 0.15) is 40.4 Å². The van der Waals surface area contributed by atoms with Crippen molar-refractivity contribution in [3.05, 3.63) is 64.7 Å². The van der Waals surface area contributed by atoms with Crippen molar-refractivity contribution in [3.63, 3.8) is 0 Å². The highest BCUT2D eigenvalue weighted by molar-refractivity contribution is 5.97. The summed E-state index contributed by atoms with van der Waals surface area (Å²) in [6.45, 7) is 5.47. The highest BCUT2D eigenvalue weighted by Crippen LogP contribution is 2.14. The number of hydrogen-bond acceptors (Lipinski definition) is 3. The van der Waals surface area contributed by atoms with Crippen LogP contribution in [-0.4, -0.2) is 28.9 Å². The number of carbonyl (C=O) groups is 3. The van der Waals surface area contributed by atoms with Crippen molar-refractivity contribution in [1.29, 1.82) is 0 Å². The van der Waals surface area contributed by atoms with Gasteiger partial charge in [0, 0.05) is 17.7 Å². The average molecular weight is 368 g/mol. The van der Waals surface area contributed by atoms with Crippen molar-refractivity contribution in [1.82, 2.24) is 5.32 Å². The molecule has 2 rings (SSSR count). The SMILES string of the molecule is Cc1ccc(CCC(=O)Nc2ccc(C(=O)NC(C)C(=O)O)cc2)c(C)c1. The lowest BCUT2D eigenvalue weighted by Gasteiger charge is -2.10. The van der Waals surface area contributed by atoms with Crippen LogP contribution in [0.4, 0.5) is 5.69 Å². The molecule has 6 nitrogen and oxygen atoms in total. The second-order valence-electron chi connectivity index (χ2n) is 6.59. The largest absolute Gasteiger partial charge is 0.480 e. The van der Waals surface area contributed by atoms with Crippen LogP contribution in [0.3, 0.4) is 0 Å². The smallest absolute Gasteiger partial charge is 0.325 e. The first-order valence-electron chi connectivity index (χ1n) is 8.76. The van der Waals surface area contributed by atoms with Crippen molar-refractivity contribution in [3.8, 4) is 0 Å². The number of rotatable bonds is 7. The highest BCUT2D eigenvalue weighted by Gasteiger charge is 2.15. The van der Waals surface area contributed by atoms with Crippen LogP contribution >= 0.6 is 0 Å². The molecule has 2 aromatic carbocycles. The summed E-state index contributed by atoms with van der Waals surface area (Å²) in [6, 6.07) is 11.5. The molecule has 0 spiro atoms. The number of hydrogen-bond donors (Lipinski definition) is 3. The van der Waals surface area contributed by atoms with E-state index in [1.807, 2.05) is 26.0 Å². The van der Waals surface area contributed by atoms with Gasteiger partial charge in [-0.05, 0) is 62.6 Å². The molecule has 0 saturated heterocycles. The standard InChI is InChI=1S/C21H24N2O4/c1-13-4-5-16(14(2)12-13)8-11-19(24)23-18-9-6-17(7-10-18)20(25)22-15(3)21(26)27/h4-7,9-10,12,15H,8,11H2,1-3H3,(H,22,25)(H,23,24)(H,26,27). The fourth-order valence-electron chi connectivity index (χ4n) is 2.64. The van der Waals surface area contributed by atoms with E-state index in [1.165, 1.54) is 18.1 Å². The zero-order chi connectivity index (χ0) is 20.0. The van der Waals surface area contributed by atoms with Crippen molar-refractivity contribution in [2.75, 3.05) is 5.32 Å². The van der Waals surface area contributed by atoms with Crippen LogP contribution in [-0.2, 0) is 16.0 Å². The first kappa shape index (κ1) is 20.2.